The average Bonchev–Trinajstić information content (AvgIpc) is 2.49. The average molecular weight is 452 g/mol. The molecule has 9 heteroatoms. The maximum atomic E-state index is 12.4. The van der Waals surface area contributed by atoms with Crippen LogP contribution >= 0.6 is 39.1 Å². The Bertz CT molecular complexity index is 875. The number of carbonyl (C=O) groups excluding carboxylic acids is 1. The monoisotopic (exact) mass is 450 g/mol. The molecule has 24 heavy (non-hydrogen) atoms. The SMILES string of the molecule is C[C@@H](NS(=O)(=O)c1cc(Cl)ccc1Cl)C(=O)Nc1cccc(Br)c1. The Morgan fingerprint density at radius 3 is 2.54 bits per heavy atom. The van der Waals surface area contributed by atoms with Crippen molar-refractivity contribution in [2.75, 3.05) is 5.32 Å². The summed E-state index contributed by atoms with van der Waals surface area (Å²) in [5, 5.41) is 2.88. The first-order valence-electron chi connectivity index (χ1n) is 6.73. The third kappa shape index (κ3) is 4.94. The Labute approximate surface area is 158 Å². The molecule has 1 amide bonds. The van der Waals surface area contributed by atoms with E-state index in [2.05, 4.69) is 26.0 Å². The third-order valence-electron chi connectivity index (χ3n) is 3.00. The molecule has 2 N–H and O–H groups in total. The Morgan fingerprint density at radius 1 is 1.17 bits per heavy atom. The van der Waals surface area contributed by atoms with Crippen molar-refractivity contribution in [3.05, 3.63) is 57.0 Å². The molecule has 0 heterocycles. The van der Waals surface area contributed by atoms with Gasteiger partial charge in [-0.05, 0) is 43.3 Å². The highest BCUT2D eigenvalue weighted by atomic mass is 79.9. The van der Waals surface area contributed by atoms with Crippen LogP contribution in [0.5, 0.6) is 0 Å². The summed E-state index contributed by atoms with van der Waals surface area (Å²) in [6.45, 7) is 1.43. The first-order chi connectivity index (χ1) is 11.2. The summed E-state index contributed by atoms with van der Waals surface area (Å²) in [5.74, 6) is -0.505. The van der Waals surface area contributed by atoms with E-state index in [1.165, 1.54) is 25.1 Å². The van der Waals surface area contributed by atoms with E-state index in [4.69, 9.17) is 23.2 Å². The second-order valence-corrected chi connectivity index (χ2v) is 8.36. The number of nitrogens with one attached hydrogen (secondary N) is 2. The largest absolute Gasteiger partial charge is 0.325 e. The van der Waals surface area contributed by atoms with Crippen molar-refractivity contribution < 1.29 is 13.2 Å². The molecule has 0 radical (unpaired) electrons. The van der Waals surface area contributed by atoms with Crippen LogP contribution in [0, 0.1) is 0 Å². The maximum absolute atomic E-state index is 12.4. The third-order valence-corrected chi connectivity index (χ3v) is 5.75. The first-order valence-corrected chi connectivity index (χ1v) is 9.76. The molecule has 2 aromatic carbocycles. The van der Waals surface area contributed by atoms with E-state index in [0.717, 1.165) is 4.47 Å². The van der Waals surface area contributed by atoms with Gasteiger partial charge in [-0.3, -0.25) is 4.79 Å². The van der Waals surface area contributed by atoms with Crippen LogP contribution < -0.4 is 10.0 Å². The van der Waals surface area contributed by atoms with Gasteiger partial charge in [0, 0.05) is 15.2 Å². The van der Waals surface area contributed by atoms with Gasteiger partial charge in [-0.25, -0.2) is 8.42 Å². The molecule has 0 spiro atoms. The second kappa shape index (κ2) is 7.84. The number of rotatable bonds is 5. The summed E-state index contributed by atoms with van der Waals surface area (Å²) in [6.07, 6.45) is 0. The minimum atomic E-state index is -3.99. The van der Waals surface area contributed by atoms with Crippen molar-refractivity contribution in [3.8, 4) is 0 Å². The fraction of sp³-hybridized carbons (Fsp3) is 0.133. The Kier molecular flexibility index (Phi) is 6.28. The van der Waals surface area contributed by atoms with Crippen molar-refractivity contribution in [2.45, 2.75) is 17.9 Å². The van der Waals surface area contributed by atoms with Crippen molar-refractivity contribution >= 4 is 60.7 Å². The summed E-state index contributed by atoms with van der Waals surface area (Å²) in [6, 6.07) is 10.0. The highest BCUT2D eigenvalue weighted by Crippen LogP contribution is 2.25. The standard InChI is InChI=1S/C15H13BrCl2N2O3S/c1-9(15(21)19-12-4-2-3-10(16)7-12)20-24(22,23)14-8-11(17)5-6-13(14)18/h2-9,20H,1H3,(H,19,21)/t9-/m1/s1. The predicted molar refractivity (Wildman–Crippen MR) is 99.0 cm³/mol. The molecule has 5 nitrogen and oxygen atoms in total. The molecule has 0 aromatic heterocycles. The van der Waals surface area contributed by atoms with Gasteiger partial charge in [0.1, 0.15) is 4.90 Å². The Morgan fingerprint density at radius 2 is 1.88 bits per heavy atom. The molecule has 128 valence electrons. The Hall–Kier alpha value is -1.12. The number of carbonyl (C=O) groups is 1. The lowest BCUT2D eigenvalue weighted by atomic mass is 10.3. The zero-order valence-electron chi connectivity index (χ0n) is 12.4. The van der Waals surface area contributed by atoms with Crippen LogP contribution in [-0.4, -0.2) is 20.4 Å². The van der Waals surface area contributed by atoms with Gasteiger partial charge in [0.05, 0.1) is 11.1 Å². The van der Waals surface area contributed by atoms with Crippen LogP contribution in [0.2, 0.25) is 10.0 Å². The van der Waals surface area contributed by atoms with E-state index in [1.807, 2.05) is 6.07 Å². The molecule has 0 bridgehead atoms. The van der Waals surface area contributed by atoms with Crippen molar-refractivity contribution in [3.63, 3.8) is 0 Å². The number of benzene rings is 2. The van der Waals surface area contributed by atoms with Crippen LogP contribution in [-0.2, 0) is 14.8 Å². The summed E-state index contributed by atoms with van der Waals surface area (Å²) < 4.78 is 27.8. The highest BCUT2D eigenvalue weighted by Gasteiger charge is 2.24. The fourth-order valence-electron chi connectivity index (χ4n) is 1.85. The van der Waals surface area contributed by atoms with Crippen LogP contribution in [0.25, 0.3) is 0 Å². The van der Waals surface area contributed by atoms with E-state index >= 15 is 0 Å². The lowest BCUT2D eigenvalue weighted by molar-refractivity contribution is -0.117. The maximum Gasteiger partial charge on any atom is 0.242 e. The molecular formula is C15H13BrCl2N2O3S. The summed E-state index contributed by atoms with van der Waals surface area (Å²) in [7, 11) is -3.99. The van der Waals surface area contributed by atoms with Crippen LogP contribution in [0.1, 0.15) is 6.92 Å². The summed E-state index contributed by atoms with van der Waals surface area (Å²) >= 11 is 15.0. The van der Waals surface area contributed by atoms with Crippen LogP contribution in [0.4, 0.5) is 5.69 Å². The fourth-order valence-corrected chi connectivity index (χ4v) is 4.21. The van der Waals surface area contributed by atoms with Crippen molar-refractivity contribution in [1.82, 2.24) is 4.72 Å². The lowest BCUT2D eigenvalue weighted by Crippen LogP contribution is -2.41. The topological polar surface area (TPSA) is 75.3 Å². The number of amides is 1. The Balaban J connectivity index is 2.14. The highest BCUT2D eigenvalue weighted by molar-refractivity contribution is 9.10. The minimum absolute atomic E-state index is 0.0199. The molecule has 0 aliphatic carbocycles. The molecule has 2 rings (SSSR count). The van der Waals surface area contributed by atoms with Crippen molar-refractivity contribution in [1.29, 1.82) is 0 Å². The molecule has 0 saturated carbocycles. The molecule has 1 atom stereocenters. The van der Waals surface area contributed by atoms with Gasteiger partial charge in [-0.2, -0.15) is 4.72 Å². The van der Waals surface area contributed by atoms with E-state index in [0.29, 0.717) is 5.69 Å². The van der Waals surface area contributed by atoms with E-state index in [9.17, 15) is 13.2 Å². The molecule has 0 aliphatic heterocycles. The van der Waals surface area contributed by atoms with E-state index < -0.39 is 22.0 Å². The second-order valence-electron chi connectivity index (χ2n) is 4.92. The van der Waals surface area contributed by atoms with Crippen LogP contribution in [0.3, 0.4) is 0 Å². The molecule has 0 aliphatic rings. The van der Waals surface area contributed by atoms with Gasteiger partial charge in [-0.1, -0.05) is 45.2 Å². The predicted octanol–water partition coefficient (Wildman–Crippen LogP) is 4.06. The number of hydrogen-bond donors (Lipinski definition) is 2. The van der Waals surface area contributed by atoms with Crippen molar-refractivity contribution in [2.24, 2.45) is 0 Å². The quantitative estimate of drug-likeness (QED) is 0.719. The zero-order chi connectivity index (χ0) is 17.9. The first kappa shape index (κ1) is 19.2. The zero-order valence-corrected chi connectivity index (χ0v) is 16.3. The van der Waals surface area contributed by atoms with Gasteiger partial charge in [-0.15, -0.1) is 0 Å². The molecule has 0 fully saturated rings. The number of hydrogen-bond acceptors (Lipinski definition) is 3. The summed E-state index contributed by atoms with van der Waals surface area (Å²) in [5.41, 5.74) is 0.543. The van der Waals surface area contributed by atoms with E-state index in [1.54, 1.807) is 18.2 Å². The van der Waals surface area contributed by atoms with Gasteiger partial charge < -0.3 is 5.32 Å². The molecule has 2 aromatic rings. The van der Waals surface area contributed by atoms with Gasteiger partial charge in [0.15, 0.2) is 0 Å². The van der Waals surface area contributed by atoms with Crippen LogP contribution in [0.15, 0.2) is 51.8 Å². The minimum Gasteiger partial charge on any atom is -0.325 e. The van der Waals surface area contributed by atoms with E-state index in [-0.39, 0.29) is 14.9 Å². The summed E-state index contributed by atoms with van der Waals surface area (Å²) in [4.78, 5) is 12.0. The number of anilines is 1. The molecule has 0 unspecified atom stereocenters. The lowest BCUT2D eigenvalue weighted by Gasteiger charge is -2.15. The number of halogens is 3. The molecule has 0 saturated heterocycles. The normalized spacial score (nSPS) is 12.7. The molecular weight excluding hydrogens is 439 g/mol. The smallest absolute Gasteiger partial charge is 0.242 e. The van der Waals surface area contributed by atoms with Gasteiger partial charge in [0.25, 0.3) is 0 Å². The van der Waals surface area contributed by atoms with Gasteiger partial charge >= 0.3 is 0 Å². The number of sulfonamides is 1. The van der Waals surface area contributed by atoms with Gasteiger partial charge in [0.2, 0.25) is 15.9 Å².